The molecule has 0 radical (unpaired) electrons. The summed E-state index contributed by atoms with van der Waals surface area (Å²) in [5, 5.41) is 13.1. The molecule has 0 saturated heterocycles. The lowest BCUT2D eigenvalue weighted by atomic mass is 10.2. The molecule has 0 bridgehead atoms. The van der Waals surface area contributed by atoms with Gasteiger partial charge in [0.2, 0.25) is 0 Å². The van der Waals surface area contributed by atoms with Crippen LogP contribution in [0.1, 0.15) is 31.6 Å². The maximum atomic E-state index is 12.0. The summed E-state index contributed by atoms with van der Waals surface area (Å²) >= 11 is 0. The van der Waals surface area contributed by atoms with E-state index in [0.29, 0.717) is 5.56 Å². The Labute approximate surface area is 70.8 Å². The Morgan fingerprint density at radius 3 is 2.75 bits per heavy atom. The van der Waals surface area contributed by atoms with Crippen molar-refractivity contribution in [3.05, 3.63) is 18.0 Å². The first kappa shape index (κ1) is 9.19. The fourth-order valence-corrected chi connectivity index (χ4v) is 0.896. The van der Waals surface area contributed by atoms with Gasteiger partial charge in [-0.3, -0.25) is 4.68 Å². The quantitative estimate of drug-likeness (QED) is 0.749. The van der Waals surface area contributed by atoms with Crippen molar-refractivity contribution in [3.8, 4) is 0 Å². The Morgan fingerprint density at radius 2 is 2.33 bits per heavy atom. The monoisotopic (exact) mass is 172 g/mol. The first-order valence-electron chi connectivity index (χ1n) is 3.93. The number of aromatic nitrogens is 2. The van der Waals surface area contributed by atoms with Crippen molar-refractivity contribution in [2.24, 2.45) is 0 Å². The third-order valence-corrected chi connectivity index (χ3v) is 1.68. The minimum atomic E-state index is -1.03. The Morgan fingerprint density at radius 1 is 1.67 bits per heavy atom. The summed E-state index contributed by atoms with van der Waals surface area (Å²) in [6.07, 6.45) is 2.12. The topological polar surface area (TPSA) is 38.0 Å². The molecule has 1 heterocycles. The standard InChI is InChI=1S/C8H13FN2O/c1-6(2)11-5-7(4-10-11)8(12)3-9/h4-6,8,12H,3H2,1-2H3. The summed E-state index contributed by atoms with van der Waals surface area (Å²) < 4.78 is 13.7. The van der Waals surface area contributed by atoms with Gasteiger partial charge in [-0.25, -0.2) is 4.39 Å². The lowest BCUT2D eigenvalue weighted by Gasteiger charge is -2.04. The molecule has 0 aliphatic carbocycles. The highest BCUT2D eigenvalue weighted by Crippen LogP contribution is 2.13. The van der Waals surface area contributed by atoms with Gasteiger partial charge in [0.15, 0.2) is 0 Å². The molecule has 3 nitrogen and oxygen atoms in total. The van der Waals surface area contributed by atoms with Crippen LogP contribution in [0.3, 0.4) is 0 Å². The van der Waals surface area contributed by atoms with E-state index in [2.05, 4.69) is 5.10 Å². The van der Waals surface area contributed by atoms with Crippen molar-refractivity contribution in [1.82, 2.24) is 9.78 Å². The lowest BCUT2D eigenvalue weighted by Crippen LogP contribution is -2.01. The molecule has 1 aromatic rings. The fourth-order valence-electron chi connectivity index (χ4n) is 0.896. The summed E-state index contributed by atoms with van der Waals surface area (Å²) in [6.45, 7) is 3.18. The van der Waals surface area contributed by atoms with Gasteiger partial charge in [0.25, 0.3) is 0 Å². The predicted molar refractivity (Wildman–Crippen MR) is 43.5 cm³/mol. The zero-order chi connectivity index (χ0) is 9.14. The zero-order valence-corrected chi connectivity index (χ0v) is 7.24. The maximum Gasteiger partial charge on any atom is 0.120 e. The molecule has 0 saturated carbocycles. The molecule has 0 amide bonds. The second-order valence-electron chi connectivity index (χ2n) is 3.02. The molecule has 1 aromatic heterocycles. The van der Waals surface area contributed by atoms with Crippen LogP contribution in [0.15, 0.2) is 12.4 Å². The number of rotatable bonds is 3. The van der Waals surface area contributed by atoms with Gasteiger partial charge in [-0.2, -0.15) is 5.10 Å². The molecule has 0 aromatic carbocycles. The van der Waals surface area contributed by atoms with Crippen LogP contribution >= 0.6 is 0 Å². The highest BCUT2D eigenvalue weighted by molar-refractivity contribution is 5.08. The Kier molecular flexibility index (Phi) is 2.81. The molecule has 1 atom stereocenters. The van der Waals surface area contributed by atoms with Gasteiger partial charge in [-0.1, -0.05) is 0 Å². The molecule has 0 aliphatic heterocycles. The molecular weight excluding hydrogens is 159 g/mol. The van der Waals surface area contributed by atoms with Crippen molar-refractivity contribution < 1.29 is 9.50 Å². The number of alkyl halides is 1. The Balaban J connectivity index is 2.77. The lowest BCUT2D eigenvalue weighted by molar-refractivity contribution is 0.141. The summed E-state index contributed by atoms with van der Waals surface area (Å²) in [4.78, 5) is 0. The molecule has 12 heavy (non-hydrogen) atoms. The van der Waals surface area contributed by atoms with Crippen molar-refractivity contribution >= 4 is 0 Å². The number of nitrogens with zero attached hydrogens (tertiary/aromatic N) is 2. The highest BCUT2D eigenvalue weighted by Gasteiger charge is 2.09. The zero-order valence-electron chi connectivity index (χ0n) is 7.24. The van der Waals surface area contributed by atoms with Crippen LogP contribution in [0.25, 0.3) is 0 Å². The van der Waals surface area contributed by atoms with Crippen molar-refractivity contribution in [2.75, 3.05) is 6.67 Å². The van der Waals surface area contributed by atoms with Crippen LogP contribution in [0, 0.1) is 0 Å². The third-order valence-electron chi connectivity index (χ3n) is 1.68. The Bertz CT molecular complexity index is 247. The molecule has 1 unspecified atom stereocenters. The summed E-state index contributed by atoms with van der Waals surface area (Å²) in [5.41, 5.74) is 0.534. The average Bonchev–Trinajstić information content (AvgIpc) is 2.51. The van der Waals surface area contributed by atoms with Gasteiger partial charge in [0, 0.05) is 17.8 Å². The molecular formula is C8H13FN2O. The average molecular weight is 172 g/mol. The molecule has 1 N–H and O–H groups in total. The van der Waals surface area contributed by atoms with Crippen LogP contribution in [0.4, 0.5) is 4.39 Å². The normalized spacial score (nSPS) is 13.8. The van der Waals surface area contributed by atoms with E-state index >= 15 is 0 Å². The van der Waals surface area contributed by atoms with Crippen LogP contribution < -0.4 is 0 Å². The van der Waals surface area contributed by atoms with E-state index in [9.17, 15) is 4.39 Å². The van der Waals surface area contributed by atoms with Gasteiger partial charge < -0.3 is 5.11 Å². The van der Waals surface area contributed by atoms with E-state index in [-0.39, 0.29) is 6.04 Å². The smallest absolute Gasteiger partial charge is 0.120 e. The van der Waals surface area contributed by atoms with Crippen LogP contribution in [0.5, 0.6) is 0 Å². The van der Waals surface area contributed by atoms with Gasteiger partial charge in [0.05, 0.1) is 6.20 Å². The number of aliphatic hydroxyl groups is 1. The first-order valence-corrected chi connectivity index (χ1v) is 3.93. The van der Waals surface area contributed by atoms with Crippen LogP contribution in [-0.4, -0.2) is 21.6 Å². The van der Waals surface area contributed by atoms with E-state index < -0.39 is 12.8 Å². The number of hydrogen-bond acceptors (Lipinski definition) is 2. The summed E-state index contributed by atoms with van der Waals surface area (Å²) in [7, 11) is 0. The van der Waals surface area contributed by atoms with E-state index in [0.717, 1.165) is 0 Å². The first-order chi connectivity index (χ1) is 5.65. The van der Waals surface area contributed by atoms with Crippen molar-refractivity contribution in [1.29, 1.82) is 0 Å². The highest BCUT2D eigenvalue weighted by atomic mass is 19.1. The largest absolute Gasteiger partial charge is 0.386 e. The molecule has 0 fully saturated rings. The Hall–Kier alpha value is -0.900. The van der Waals surface area contributed by atoms with Crippen LogP contribution in [-0.2, 0) is 0 Å². The van der Waals surface area contributed by atoms with Gasteiger partial charge in [-0.15, -0.1) is 0 Å². The van der Waals surface area contributed by atoms with Crippen molar-refractivity contribution in [2.45, 2.75) is 26.0 Å². The second kappa shape index (κ2) is 3.67. The predicted octanol–water partition coefficient (Wildman–Crippen LogP) is 1.47. The van der Waals surface area contributed by atoms with Gasteiger partial charge >= 0.3 is 0 Å². The molecule has 68 valence electrons. The molecule has 1 rings (SSSR count). The molecule has 0 spiro atoms. The van der Waals surface area contributed by atoms with E-state index in [1.54, 1.807) is 10.9 Å². The SMILES string of the molecule is CC(C)n1cc(C(O)CF)cn1. The maximum absolute atomic E-state index is 12.0. The fraction of sp³-hybridized carbons (Fsp3) is 0.625. The molecule has 0 aliphatic rings. The van der Waals surface area contributed by atoms with E-state index in [1.807, 2.05) is 13.8 Å². The second-order valence-corrected chi connectivity index (χ2v) is 3.02. The van der Waals surface area contributed by atoms with E-state index in [1.165, 1.54) is 6.20 Å². The van der Waals surface area contributed by atoms with Crippen molar-refractivity contribution in [3.63, 3.8) is 0 Å². The van der Waals surface area contributed by atoms with E-state index in [4.69, 9.17) is 5.11 Å². The number of halogens is 1. The third kappa shape index (κ3) is 1.82. The summed E-state index contributed by atoms with van der Waals surface area (Å²) in [5.74, 6) is 0. The van der Waals surface area contributed by atoms with Gasteiger partial charge in [-0.05, 0) is 13.8 Å². The minimum absolute atomic E-state index is 0.241. The molecule has 4 heteroatoms. The van der Waals surface area contributed by atoms with Gasteiger partial charge in [0.1, 0.15) is 12.8 Å². The summed E-state index contributed by atoms with van der Waals surface area (Å²) in [6, 6.07) is 0.241. The minimum Gasteiger partial charge on any atom is -0.386 e. The van der Waals surface area contributed by atoms with Crippen LogP contribution in [0.2, 0.25) is 0 Å². The number of hydrogen-bond donors (Lipinski definition) is 1. The number of aliphatic hydroxyl groups excluding tert-OH is 1.